The maximum atomic E-state index is 12.6. The van der Waals surface area contributed by atoms with E-state index in [9.17, 15) is 18.0 Å². The second-order valence-corrected chi connectivity index (χ2v) is 7.54. The number of alkyl halides is 3. The van der Waals surface area contributed by atoms with Crippen molar-refractivity contribution in [2.75, 3.05) is 32.0 Å². The van der Waals surface area contributed by atoms with E-state index in [1.54, 1.807) is 0 Å². The Labute approximate surface area is 183 Å². The van der Waals surface area contributed by atoms with E-state index in [0.717, 1.165) is 37.1 Å². The molecule has 0 amide bonds. The van der Waals surface area contributed by atoms with Crippen molar-refractivity contribution in [2.24, 2.45) is 0 Å². The van der Waals surface area contributed by atoms with Crippen LogP contribution in [-0.2, 0) is 6.18 Å². The maximum absolute atomic E-state index is 12.6. The minimum absolute atomic E-state index is 0.0106. The lowest BCUT2D eigenvalue weighted by Crippen LogP contribution is -2.21. The SMILES string of the molecule is Cc1nc2cccc(C(F)(F)F)c2c(=O)o1.Nc1ccc(OCCCN2CCCC2)cc1. The molecule has 1 saturated heterocycles. The van der Waals surface area contributed by atoms with Crippen molar-refractivity contribution in [2.45, 2.75) is 32.4 Å². The van der Waals surface area contributed by atoms with Crippen molar-refractivity contribution in [1.82, 2.24) is 9.88 Å². The topological polar surface area (TPSA) is 81.6 Å². The normalized spacial score (nSPS) is 14.2. The Hall–Kier alpha value is -3.07. The zero-order chi connectivity index (χ0) is 23.1. The molecule has 0 aliphatic carbocycles. The number of benzene rings is 2. The summed E-state index contributed by atoms with van der Waals surface area (Å²) in [6.45, 7) is 5.89. The van der Waals surface area contributed by atoms with Crippen molar-refractivity contribution in [3.05, 3.63) is 64.3 Å². The number of hydrogen-bond donors (Lipinski definition) is 1. The molecule has 6 nitrogen and oxygen atoms in total. The Morgan fingerprint density at radius 2 is 1.81 bits per heavy atom. The van der Waals surface area contributed by atoms with E-state index in [0.29, 0.717) is 0 Å². The first-order chi connectivity index (χ1) is 15.2. The van der Waals surface area contributed by atoms with Gasteiger partial charge in [-0.25, -0.2) is 9.78 Å². The van der Waals surface area contributed by atoms with Crippen LogP contribution < -0.4 is 16.1 Å². The summed E-state index contributed by atoms with van der Waals surface area (Å²) in [5.74, 6) is 0.951. The number of fused-ring (bicyclic) bond motifs is 1. The predicted octanol–water partition coefficient (Wildman–Crippen LogP) is 4.65. The highest BCUT2D eigenvalue weighted by atomic mass is 19.4. The molecule has 32 heavy (non-hydrogen) atoms. The first-order valence-corrected chi connectivity index (χ1v) is 10.4. The van der Waals surface area contributed by atoms with Gasteiger partial charge in [-0.05, 0) is 68.8 Å². The van der Waals surface area contributed by atoms with E-state index in [-0.39, 0.29) is 11.4 Å². The summed E-state index contributed by atoms with van der Waals surface area (Å²) < 4.78 is 48.0. The fourth-order valence-corrected chi connectivity index (χ4v) is 3.51. The standard InChI is InChI=1S/C13H20N2O.C10H6F3NO2/c14-12-4-6-13(7-5-12)16-11-3-10-15-8-1-2-9-15;1-5-14-7-4-2-3-6(10(11,12)13)8(7)9(15)16-5/h4-7H,1-3,8-11,14H2;2-4H,1H3. The Balaban J connectivity index is 0.000000181. The van der Waals surface area contributed by atoms with Gasteiger partial charge in [-0.15, -0.1) is 0 Å². The molecule has 4 rings (SSSR count). The largest absolute Gasteiger partial charge is 0.494 e. The second-order valence-electron chi connectivity index (χ2n) is 7.54. The van der Waals surface area contributed by atoms with Crippen molar-refractivity contribution >= 4 is 16.6 Å². The summed E-state index contributed by atoms with van der Waals surface area (Å²) in [4.78, 5) is 17.6. The van der Waals surface area contributed by atoms with Gasteiger partial charge < -0.3 is 19.8 Å². The van der Waals surface area contributed by atoms with Crippen LogP contribution in [0.2, 0.25) is 0 Å². The smallest absolute Gasteiger partial charge is 0.417 e. The van der Waals surface area contributed by atoms with Gasteiger partial charge in [-0.1, -0.05) is 6.07 Å². The van der Waals surface area contributed by atoms with Crippen LogP contribution in [0.3, 0.4) is 0 Å². The Morgan fingerprint density at radius 3 is 2.47 bits per heavy atom. The molecule has 2 heterocycles. The molecule has 0 saturated carbocycles. The zero-order valence-electron chi connectivity index (χ0n) is 17.8. The number of nitrogen functional groups attached to an aromatic ring is 1. The van der Waals surface area contributed by atoms with Crippen molar-refractivity contribution in [3.8, 4) is 5.75 Å². The lowest BCUT2D eigenvalue weighted by molar-refractivity contribution is -0.136. The molecule has 1 aromatic heterocycles. The minimum Gasteiger partial charge on any atom is -0.494 e. The van der Waals surface area contributed by atoms with Crippen molar-refractivity contribution in [3.63, 3.8) is 0 Å². The summed E-state index contributed by atoms with van der Waals surface area (Å²) in [5, 5.41) is -0.527. The molecule has 1 fully saturated rings. The molecule has 0 bridgehead atoms. The summed E-state index contributed by atoms with van der Waals surface area (Å²) >= 11 is 0. The predicted molar refractivity (Wildman–Crippen MR) is 117 cm³/mol. The van der Waals surface area contributed by atoms with Gasteiger partial charge in [0.25, 0.3) is 0 Å². The highest BCUT2D eigenvalue weighted by Crippen LogP contribution is 2.32. The molecule has 1 aliphatic heterocycles. The second kappa shape index (κ2) is 10.5. The van der Waals surface area contributed by atoms with Crippen LogP contribution in [0.5, 0.6) is 5.75 Å². The molecule has 2 aromatic carbocycles. The average Bonchev–Trinajstić information content (AvgIpc) is 3.25. The third-order valence-electron chi connectivity index (χ3n) is 5.04. The van der Waals surface area contributed by atoms with Crippen LogP contribution >= 0.6 is 0 Å². The monoisotopic (exact) mass is 449 g/mol. The van der Waals surface area contributed by atoms with Gasteiger partial charge in [0.2, 0.25) is 0 Å². The molecular formula is C23H26F3N3O3. The van der Waals surface area contributed by atoms with Crippen LogP contribution in [0.25, 0.3) is 10.9 Å². The number of aromatic nitrogens is 1. The molecule has 172 valence electrons. The first kappa shape index (κ1) is 23.6. The number of aryl methyl sites for hydroxylation is 1. The van der Waals surface area contributed by atoms with E-state index in [1.807, 2.05) is 24.3 Å². The lowest BCUT2D eigenvalue weighted by atomic mass is 10.1. The highest BCUT2D eigenvalue weighted by Gasteiger charge is 2.34. The van der Waals surface area contributed by atoms with Crippen LogP contribution in [-0.4, -0.2) is 36.1 Å². The fourth-order valence-electron chi connectivity index (χ4n) is 3.51. The molecule has 0 radical (unpaired) electrons. The molecule has 2 N–H and O–H groups in total. The van der Waals surface area contributed by atoms with Gasteiger partial charge >= 0.3 is 11.8 Å². The van der Waals surface area contributed by atoms with E-state index in [1.165, 1.54) is 45.0 Å². The molecule has 9 heteroatoms. The maximum Gasteiger partial charge on any atom is 0.417 e. The molecule has 0 spiro atoms. The number of anilines is 1. The van der Waals surface area contributed by atoms with Crippen LogP contribution in [0.15, 0.2) is 51.7 Å². The number of rotatable bonds is 5. The molecular weight excluding hydrogens is 423 g/mol. The number of ether oxygens (including phenoxy) is 1. The molecule has 0 atom stereocenters. The van der Waals surface area contributed by atoms with Gasteiger partial charge in [0.1, 0.15) is 5.75 Å². The minimum atomic E-state index is -4.59. The quantitative estimate of drug-likeness (QED) is 0.451. The highest BCUT2D eigenvalue weighted by molar-refractivity contribution is 5.81. The van der Waals surface area contributed by atoms with Gasteiger partial charge in [0.15, 0.2) is 5.89 Å². The van der Waals surface area contributed by atoms with Crippen LogP contribution in [0, 0.1) is 6.92 Å². The Morgan fingerprint density at radius 1 is 1.12 bits per heavy atom. The third kappa shape index (κ3) is 6.46. The number of nitrogens with two attached hydrogens (primary N) is 1. The molecule has 0 unspecified atom stereocenters. The Bertz CT molecular complexity index is 1080. The first-order valence-electron chi connectivity index (χ1n) is 10.4. The summed E-state index contributed by atoms with van der Waals surface area (Å²) in [7, 11) is 0. The lowest BCUT2D eigenvalue weighted by Gasteiger charge is -2.14. The van der Waals surface area contributed by atoms with Gasteiger partial charge in [0, 0.05) is 19.2 Å². The average molecular weight is 449 g/mol. The number of halogens is 3. The van der Waals surface area contributed by atoms with Crippen LogP contribution in [0.4, 0.5) is 18.9 Å². The van der Waals surface area contributed by atoms with E-state index in [2.05, 4.69) is 14.3 Å². The third-order valence-corrected chi connectivity index (χ3v) is 5.04. The van der Waals surface area contributed by atoms with Crippen LogP contribution in [0.1, 0.15) is 30.7 Å². The van der Waals surface area contributed by atoms with Crippen molar-refractivity contribution < 1.29 is 22.3 Å². The van der Waals surface area contributed by atoms with E-state index >= 15 is 0 Å². The Kier molecular flexibility index (Phi) is 7.74. The van der Waals surface area contributed by atoms with E-state index in [4.69, 9.17) is 10.5 Å². The van der Waals surface area contributed by atoms with Gasteiger partial charge in [0.05, 0.1) is 23.1 Å². The molecule has 1 aliphatic rings. The summed E-state index contributed by atoms with van der Waals surface area (Å²) in [6.07, 6.45) is -0.771. The van der Waals surface area contributed by atoms with E-state index < -0.39 is 22.8 Å². The summed E-state index contributed by atoms with van der Waals surface area (Å²) in [6, 6.07) is 11.0. The zero-order valence-corrected chi connectivity index (χ0v) is 17.8. The van der Waals surface area contributed by atoms with Gasteiger partial charge in [-0.3, -0.25) is 0 Å². The van der Waals surface area contributed by atoms with Gasteiger partial charge in [-0.2, -0.15) is 13.2 Å². The fraction of sp³-hybridized carbons (Fsp3) is 0.391. The number of hydrogen-bond acceptors (Lipinski definition) is 6. The number of likely N-dealkylation sites (tertiary alicyclic amines) is 1. The van der Waals surface area contributed by atoms with Crippen molar-refractivity contribution in [1.29, 1.82) is 0 Å². The molecule has 3 aromatic rings. The number of nitrogens with zero attached hydrogens (tertiary/aromatic N) is 2. The summed E-state index contributed by atoms with van der Waals surface area (Å²) in [5.41, 5.74) is 4.33.